The Labute approximate surface area is 80.2 Å². The van der Waals surface area contributed by atoms with Gasteiger partial charge in [0.2, 0.25) is 0 Å². The van der Waals surface area contributed by atoms with Gasteiger partial charge in [-0.15, -0.1) is 5.10 Å². The van der Waals surface area contributed by atoms with Gasteiger partial charge in [-0.25, -0.2) is 4.39 Å². The minimum atomic E-state index is -0.352. The SMILES string of the molecule is Cn1cc(-c2ccc(F)cc2N)nn1. The zero-order chi connectivity index (χ0) is 10.1. The maximum atomic E-state index is 12.7. The van der Waals surface area contributed by atoms with E-state index in [-0.39, 0.29) is 5.82 Å². The summed E-state index contributed by atoms with van der Waals surface area (Å²) in [7, 11) is 1.76. The van der Waals surface area contributed by atoms with E-state index in [2.05, 4.69) is 10.3 Å². The molecular weight excluding hydrogens is 183 g/mol. The van der Waals surface area contributed by atoms with Crippen molar-refractivity contribution in [3.05, 3.63) is 30.2 Å². The monoisotopic (exact) mass is 192 g/mol. The van der Waals surface area contributed by atoms with E-state index in [1.807, 2.05) is 0 Å². The maximum Gasteiger partial charge on any atom is 0.125 e. The molecule has 0 spiro atoms. The van der Waals surface area contributed by atoms with Gasteiger partial charge in [0.1, 0.15) is 11.5 Å². The number of hydrogen-bond donors (Lipinski definition) is 1. The molecule has 14 heavy (non-hydrogen) atoms. The van der Waals surface area contributed by atoms with E-state index in [9.17, 15) is 4.39 Å². The van der Waals surface area contributed by atoms with Crippen LogP contribution in [-0.4, -0.2) is 15.0 Å². The second kappa shape index (κ2) is 3.10. The molecule has 1 aromatic carbocycles. The molecular formula is C9H9FN4. The van der Waals surface area contributed by atoms with E-state index in [0.717, 1.165) is 0 Å². The summed E-state index contributed by atoms with van der Waals surface area (Å²) in [6.45, 7) is 0. The van der Waals surface area contributed by atoms with E-state index >= 15 is 0 Å². The maximum absolute atomic E-state index is 12.7. The first-order chi connectivity index (χ1) is 6.66. The molecule has 5 heteroatoms. The van der Waals surface area contributed by atoms with Crippen LogP contribution in [0.25, 0.3) is 11.3 Å². The Hall–Kier alpha value is -1.91. The van der Waals surface area contributed by atoms with Crippen LogP contribution in [0.3, 0.4) is 0 Å². The Kier molecular flexibility index (Phi) is 1.92. The second-order valence-electron chi connectivity index (χ2n) is 3.01. The lowest BCUT2D eigenvalue weighted by atomic mass is 10.1. The van der Waals surface area contributed by atoms with Crippen LogP contribution >= 0.6 is 0 Å². The fraction of sp³-hybridized carbons (Fsp3) is 0.111. The Morgan fingerprint density at radius 3 is 2.79 bits per heavy atom. The molecule has 0 saturated carbocycles. The van der Waals surface area contributed by atoms with Crippen molar-refractivity contribution in [2.45, 2.75) is 0 Å². The lowest BCUT2D eigenvalue weighted by Crippen LogP contribution is -1.91. The van der Waals surface area contributed by atoms with Crippen LogP contribution in [0.2, 0.25) is 0 Å². The largest absolute Gasteiger partial charge is 0.398 e. The van der Waals surface area contributed by atoms with E-state index in [0.29, 0.717) is 16.9 Å². The van der Waals surface area contributed by atoms with Crippen molar-refractivity contribution in [2.75, 3.05) is 5.73 Å². The lowest BCUT2D eigenvalue weighted by molar-refractivity contribution is 0.628. The van der Waals surface area contributed by atoms with Gasteiger partial charge >= 0.3 is 0 Å². The molecule has 0 bridgehead atoms. The summed E-state index contributed by atoms with van der Waals surface area (Å²) in [5.74, 6) is -0.352. The van der Waals surface area contributed by atoms with Gasteiger partial charge in [-0.1, -0.05) is 5.21 Å². The highest BCUT2D eigenvalue weighted by molar-refractivity contribution is 5.72. The van der Waals surface area contributed by atoms with Crippen LogP contribution in [0.4, 0.5) is 10.1 Å². The van der Waals surface area contributed by atoms with Gasteiger partial charge in [0, 0.05) is 18.3 Å². The number of nitrogens with two attached hydrogens (primary N) is 1. The van der Waals surface area contributed by atoms with Crippen molar-refractivity contribution in [1.82, 2.24) is 15.0 Å². The average molecular weight is 192 g/mol. The quantitative estimate of drug-likeness (QED) is 0.691. The van der Waals surface area contributed by atoms with Gasteiger partial charge in [-0.05, 0) is 18.2 Å². The normalized spacial score (nSPS) is 10.4. The van der Waals surface area contributed by atoms with Gasteiger partial charge in [0.15, 0.2) is 0 Å². The zero-order valence-electron chi connectivity index (χ0n) is 7.61. The minimum Gasteiger partial charge on any atom is -0.398 e. The molecule has 72 valence electrons. The Morgan fingerprint density at radius 1 is 1.43 bits per heavy atom. The van der Waals surface area contributed by atoms with E-state index in [4.69, 9.17) is 5.73 Å². The first-order valence-corrected chi connectivity index (χ1v) is 4.08. The summed E-state index contributed by atoms with van der Waals surface area (Å²) in [4.78, 5) is 0. The molecule has 0 aliphatic rings. The number of nitrogen functional groups attached to an aromatic ring is 1. The van der Waals surface area contributed by atoms with Crippen LogP contribution in [-0.2, 0) is 7.05 Å². The van der Waals surface area contributed by atoms with Crippen molar-refractivity contribution < 1.29 is 4.39 Å². The number of hydrogen-bond acceptors (Lipinski definition) is 3. The molecule has 0 unspecified atom stereocenters. The van der Waals surface area contributed by atoms with Crippen LogP contribution in [0, 0.1) is 5.82 Å². The molecule has 1 heterocycles. The van der Waals surface area contributed by atoms with Gasteiger partial charge in [0.05, 0.1) is 6.20 Å². The second-order valence-corrected chi connectivity index (χ2v) is 3.01. The van der Waals surface area contributed by atoms with Gasteiger partial charge < -0.3 is 5.73 Å². The highest BCUT2D eigenvalue weighted by atomic mass is 19.1. The molecule has 2 aromatic rings. The predicted molar refractivity (Wildman–Crippen MR) is 50.8 cm³/mol. The average Bonchev–Trinajstić information content (AvgIpc) is 2.51. The molecule has 0 amide bonds. The Balaban J connectivity index is 2.52. The van der Waals surface area contributed by atoms with Crippen molar-refractivity contribution in [2.24, 2.45) is 7.05 Å². The number of halogens is 1. The molecule has 0 fully saturated rings. The first-order valence-electron chi connectivity index (χ1n) is 4.08. The molecule has 0 saturated heterocycles. The topological polar surface area (TPSA) is 56.7 Å². The fourth-order valence-electron chi connectivity index (χ4n) is 1.24. The number of aromatic nitrogens is 3. The third kappa shape index (κ3) is 1.44. The predicted octanol–water partition coefficient (Wildman–Crippen LogP) is 1.20. The fourth-order valence-corrected chi connectivity index (χ4v) is 1.24. The standard InChI is InChI=1S/C9H9FN4/c1-14-5-9(12-13-14)7-3-2-6(10)4-8(7)11/h2-5H,11H2,1H3. The lowest BCUT2D eigenvalue weighted by Gasteiger charge is -2.00. The van der Waals surface area contributed by atoms with Crippen molar-refractivity contribution >= 4 is 5.69 Å². The van der Waals surface area contributed by atoms with E-state index in [1.165, 1.54) is 12.1 Å². The molecule has 0 aliphatic carbocycles. The third-order valence-corrected chi connectivity index (χ3v) is 1.89. The molecule has 4 nitrogen and oxygen atoms in total. The van der Waals surface area contributed by atoms with E-state index in [1.54, 1.807) is 24.0 Å². The smallest absolute Gasteiger partial charge is 0.125 e. The number of nitrogens with zero attached hydrogens (tertiary/aromatic N) is 3. The van der Waals surface area contributed by atoms with Gasteiger partial charge in [-0.3, -0.25) is 4.68 Å². The van der Waals surface area contributed by atoms with Gasteiger partial charge in [0.25, 0.3) is 0 Å². The summed E-state index contributed by atoms with van der Waals surface area (Å²) in [5.41, 5.74) is 7.35. The van der Waals surface area contributed by atoms with Crippen LogP contribution in [0.5, 0.6) is 0 Å². The summed E-state index contributed by atoms with van der Waals surface area (Å²) in [6.07, 6.45) is 1.73. The van der Waals surface area contributed by atoms with Crippen LogP contribution < -0.4 is 5.73 Å². The van der Waals surface area contributed by atoms with E-state index < -0.39 is 0 Å². The Morgan fingerprint density at radius 2 is 2.21 bits per heavy atom. The molecule has 2 rings (SSSR count). The number of benzene rings is 1. The number of rotatable bonds is 1. The Bertz CT molecular complexity index is 464. The summed E-state index contributed by atoms with van der Waals surface area (Å²) in [5, 5.41) is 7.66. The third-order valence-electron chi connectivity index (χ3n) is 1.89. The molecule has 0 atom stereocenters. The van der Waals surface area contributed by atoms with Gasteiger partial charge in [-0.2, -0.15) is 0 Å². The number of anilines is 1. The first kappa shape index (κ1) is 8.68. The summed E-state index contributed by atoms with van der Waals surface area (Å²) in [6, 6.07) is 4.21. The zero-order valence-corrected chi connectivity index (χ0v) is 7.61. The summed E-state index contributed by atoms with van der Waals surface area (Å²) >= 11 is 0. The minimum absolute atomic E-state index is 0.352. The number of aryl methyl sites for hydroxylation is 1. The molecule has 1 aromatic heterocycles. The molecule has 0 aliphatic heterocycles. The summed E-state index contributed by atoms with van der Waals surface area (Å²) < 4.78 is 14.3. The van der Waals surface area contributed by atoms with Crippen LogP contribution in [0.1, 0.15) is 0 Å². The highest BCUT2D eigenvalue weighted by Gasteiger charge is 2.06. The molecule has 2 N–H and O–H groups in total. The highest BCUT2D eigenvalue weighted by Crippen LogP contribution is 2.23. The van der Waals surface area contributed by atoms with Crippen molar-refractivity contribution in [3.63, 3.8) is 0 Å². The van der Waals surface area contributed by atoms with Crippen LogP contribution in [0.15, 0.2) is 24.4 Å². The van der Waals surface area contributed by atoms with Crippen molar-refractivity contribution in [1.29, 1.82) is 0 Å². The van der Waals surface area contributed by atoms with Crippen molar-refractivity contribution in [3.8, 4) is 11.3 Å². The molecule has 0 radical (unpaired) electrons.